The zero-order chi connectivity index (χ0) is 19.5. The largest absolute Gasteiger partial charge is 0.454 e. The van der Waals surface area contributed by atoms with Crippen molar-refractivity contribution in [2.75, 3.05) is 17.4 Å². The number of hydrogen-bond acceptors (Lipinski definition) is 6. The standard InChI is InChI=1S/C20H17ClN4O3/c1-12-8-16(19(26)24-15-5-3-2-4-14(15)21)25-20(23-12)22-10-13-6-7-17-18(9-13)28-11-27-17/h2-9H,10-11H2,1H3,(H,24,26)(H,22,23,25). The fourth-order valence-corrected chi connectivity index (χ4v) is 2.93. The maximum absolute atomic E-state index is 12.6. The number of aryl methyl sites for hydroxylation is 1. The molecule has 2 heterocycles. The van der Waals surface area contributed by atoms with Gasteiger partial charge in [0.05, 0.1) is 10.7 Å². The third-order valence-electron chi connectivity index (χ3n) is 4.10. The van der Waals surface area contributed by atoms with Crippen molar-refractivity contribution in [1.29, 1.82) is 0 Å². The number of para-hydroxylation sites is 1. The summed E-state index contributed by atoms with van der Waals surface area (Å²) in [6.07, 6.45) is 0. The van der Waals surface area contributed by atoms with Crippen LogP contribution in [-0.2, 0) is 6.54 Å². The molecule has 0 fully saturated rings. The first-order chi connectivity index (χ1) is 13.6. The van der Waals surface area contributed by atoms with Crippen LogP contribution < -0.4 is 20.1 Å². The van der Waals surface area contributed by atoms with Crippen LogP contribution in [0.1, 0.15) is 21.7 Å². The minimum absolute atomic E-state index is 0.233. The molecule has 1 amide bonds. The molecular weight excluding hydrogens is 380 g/mol. The molecule has 0 spiro atoms. The Morgan fingerprint density at radius 1 is 1.11 bits per heavy atom. The molecule has 28 heavy (non-hydrogen) atoms. The maximum Gasteiger partial charge on any atom is 0.274 e. The summed E-state index contributed by atoms with van der Waals surface area (Å²) < 4.78 is 10.7. The van der Waals surface area contributed by atoms with Crippen LogP contribution in [0.4, 0.5) is 11.6 Å². The van der Waals surface area contributed by atoms with Gasteiger partial charge in [0.1, 0.15) is 5.69 Å². The average molecular weight is 397 g/mol. The van der Waals surface area contributed by atoms with Gasteiger partial charge in [-0.2, -0.15) is 0 Å². The highest BCUT2D eigenvalue weighted by atomic mass is 35.5. The molecule has 142 valence electrons. The number of halogens is 1. The quantitative estimate of drug-likeness (QED) is 0.677. The topological polar surface area (TPSA) is 85.4 Å². The number of carbonyl (C=O) groups excluding carboxylic acids is 1. The van der Waals surface area contributed by atoms with Crippen LogP contribution in [0.25, 0.3) is 0 Å². The van der Waals surface area contributed by atoms with Crippen LogP contribution in [0.15, 0.2) is 48.5 Å². The number of amides is 1. The number of nitrogens with zero attached hydrogens (tertiary/aromatic N) is 2. The summed E-state index contributed by atoms with van der Waals surface area (Å²) in [4.78, 5) is 21.2. The van der Waals surface area contributed by atoms with E-state index >= 15 is 0 Å². The van der Waals surface area contributed by atoms with Gasteiger partial charge < -0.3 is 20.1 Å². The fraction of sp³-hybridized carbons (Fsp3) is 0.150. The summed E-state index contributed by atoms with van der Waals surface area (Å²) in [5.74, 6) is 1.45. The second-order valence-corrected chi connectivity index (χ2v) is 6.60. The third kappa shape index (κ3) is 3.99. The SMILES string of the molecule is Cc1cc(C(=O)Nc2ccccc2Cl)nc(NCc2ccc3c(c2)OCO3)n1. The van der Waals surface area contributed by atoms with Gasteiger partial charge in [-0.15, -0.1) is 0 Å². The van der Waals surface area contributed by atoms with Crippen molar-refractivity contribution in [3.8, 4) is 11.5 Å². The summed E-state index contributed by atoms with van der Waals surface area (Å²) in [6, 6.07) is 14.3. The zero-order valence-electron chi connectivity index (χ0n) is 15.0. The van der Waals surface area contributed by atoms with Gasteiger partial charge >= 0.3 is 0 Å². The van der Waals surface area contributed by atoms with Gasteiger partial charge in [0.15, 0.2) is 11.5 Å². The van der Waals surface area contributed by atoms with Gasteiger partial charge in [-0.25, -0.2) is 9.97 Å². The monoisotopic (exact) mass is 396 g/mol. The highest BCUT2D eigenvalue weighted by Crippen LogP contribution is 2.32. The van der Waals surface area contributed by atoms with E-state index in [9.17, 15) is 4.79 Å². The van der Waals surface area contributed by atoms with E-state index < -0.39 is 0 Å². The molecule has 0 atom stereocenters. The van der Waals surface area contributed by atoms with Crippen molar-refractivity contribution in [3.63, 3.8) is 0 Å². The van der Waals surface area contributed by atoms with Crippen molar-refractivity contribution in [3.05, 3.63) is 70.5 Å². The summed E-state index contributed by atoms with van der Waals surface area (Å²) in [5, 5.41) is 6.36. The number of hydrogen-bond donors (Lipinski definition) is 2. The molecule has 1 aliphatic rings. The number of fused-ring (bicyclic) bond motifs is 1. The van der Waals surface area contributed by atoms with Gasteiger partial charge in [-0.3, -0.25) is 4.79 Å². The van der Waals surface area contributed by atoms with Crippen molar-refractivity contribution >= 4 is 29.1 Å². The van der Waals surface area contributed by atoms with E-state index in [2.05, 4.69) is 20.6 Å². The normalized spacial score (nSPS) is 11.9. The Balaban J connectivity index is 1.47. The van der Waals surface area contributed by atoms with Gasteiger partial charge in [-0.1, -0.05) is 29.8 Å². The van der Waals surface area contributed by atoms with E-state index in [0.29, 0.717) is 34.6 Å². The number of nitrogens with one attached hydrogen (secondary N) is 2. The number of rotatable bonds is 5. The van der Waals surface area contributed by atoms with Crippen LogP contribution in [0.3, 0.4) is 0 Å². The average Bonchev–Trinajstić information content (AvgIpc) is 3.15. The number of carbonyl (C=O) groups is 1. The van der Waals surface area contributed by atoms with Crippen LogP contribution in [0.2, 0.25) is 5.02 Å². The third-order valence-corrected chi connectivity index (χ3v) is 4.43. The minimum atomic E-state index is -0.357. The van der Waals surface area contributed by atoms with Gasteiger partial charge in [0, 0.05) is 12.2 Å². The molecule has 2 N–H and O–H groups in total. The molecule has 0 saturated carbocycles. The van der Waals surface area contributed by atoms with E-state index in [1.165, 1.54) is 0 Å². The van der Waals surface area contributed by atoms with Crippen LogP contribution in [0.5, 0.6) is 11.5 Å². The summed E-state index contributed by atoms with van der Waals surface area (Å²) in [5.41, 5.74) is 2.44. The van der Waals surface area contributed by atoms with Crippen LogP contribution in [-0.4, -0.2) is 22.7 Å². The molecule has 2 aromatic carbocycles. The summed E-state index contributed by atoms with van der Waals surface area (Å²) >= 11 is 6.10. The molecular formula is C20H17ClN4O3. The first-order valence-corrected chi connectivity index (χ1v) is 9.00. The molecule has 1 aromatic heterocycles. The summed E-state index contributed by atoms with van der Waals surface area (Å²) in [6.45, 7) is 2.52. The lowest BCUT2D eigenvalue weighted by molar-refractivity contribution is 0.102. The molecule has 0 radical (unpaired) electrons. The predicted octanol–water partition coefficient (Wildman–Crippen LogP) is 4.03. The Morgan fingerprint density at radius 2 is 1.93 bits per heavy atom. The number of anilines is 2. The van der Waals surface area contributed by atoms with Crippen molar-refractivity contribution in [2.24, 2.45) is 0 Å². The molecule has 0 bridgehead atoms. The first-order valence-electron chi connectivity index (χ1n) is 8.62. The van der Waals surface area contributed by atoms with Gasteiger partial charge in [-0.05, 0) is 42.8 Å². The lowest BCUT2D eigenvalue weighted by Crippen LogP contribution is -2.16. The lowest BCUT2D eigenvalue weighted by atomic mass is 10.2. The lowest BCUT2D eigenvalue weighted by Gasteiger charge is -2.10. The second kappa shape index (κ2) is 7.74. The van der Waals surface area contributed by atoms with Gasteiger partial charge in [0.25, 0.3) is 5.91 Å². The Morgan fingerprint density at radius 3 is 2.79 bits per heavy atom. The van der Waals surface area contributed by atoms with Gasteiger partial charge in [0.2, 0.25) is 12.7 Å². The van der Waals surface area contributed by atoms with Crippen LogP contribution in [0, 0.1) is 6.92 Å². The fourth-order valence-electron chi connectivity index (χ4n) is 2.74. The van der Waals surface area contributed by atoms with E-state index in [4.69, 9.17) is 21.1 Å². The molecule has 3 aromatic rings. The van der Waals surface area contributed by atoms with E-state index in [1.54, 1.807) is 37.3 Å². The summed E-state index contributed by atoms with van der Waals surface area (Å²) in [7, 11) is 0. The highest BCUT2D eigenvalue weighted by molar-refractivity contribution is 6.33. The van der Waals surface area contributed by atoms with Crippen molar-refractivity contribution in [1.82, 2.24) is 9.97 Å². The predicted molar refractivity (Wildman–Crippen MR) is 106 cm³/mol. The maximum atomic E-state index is 12.6. The molecule has 1 aliphatic heterocycles. The van der Waals surface area contributed by atoms with Crippen molar-refractivity contribution < 1.29 is 14.3 Å². The highest BCUT2D eigenvalue weighted by Gasteiger charge is 2.14. The first kappa shape index (κ1) is 18.1. The molecule has 8 heteroatoms. The Kier molecular flexibility index (Phi) is 4.99. The molecule has 7 nitrogen and oxygen atoms in total. The number of benzene rings is 2. The van der Waals surface area contributed by atoms with E-state index in [-0.39, 0.29) is 18.4 Å². The van der Waals surface area contributed by atoms with Crippen LogP contribution >= 0.6 is 11.6 Å². The minimum Gasteiger partial charge on any atom is -0.454 e. The number of aromatic nitrogens is 2. The smallest absolute Gasteiger partial charge is 0.274 e. The molecule has 4 rings (SSSR count). The Labute approximate surface area is 166 Å². The molecule has 0 aliphatic carbocycles. The Hall–Kier alpha value is -3.32. The number of ether oxygens (including phenoxy) is 2. The van der Waals surface area contributed by atoms with E-state index in [1.807, 2.05) is 18.2 Å². The second-order valence-electron chi connectivity index (χ2n) is 6.19. The van der Waals surface area contributed by atoms with E-state index in [0.717, 1.165) is 11.3 Å². The molecule has 0 unspecified atom stereocenters. The zero-order valence-corrected chi connectivity index (χ0v) is 15.8. The van der Waals surface area contributed by atoms with Crippen molar-refractivity contribution in [2.45, 2.75) is 13.5 Å². The Bertz CT molecular complexity index is 1040. The molecule has 0 saturated heterocycles.